The molecule has 0 spiro atoms. The fraction of sp³-hybridized carbons (Fsp3) is 0.500. The molecule has 0 unspecified atom stereocenters. The highest BCUT2D eigenvalue weighted by atomic mass is 19.3. The molecule has 0 bridgehead atoms. The minimum absolute atomic E-state index is 0.263. The molecule has 5 heteroatoms. The average molecular weight is 215 g/mol. The third kappa shape index (κ3) is 3.43. The highest BCUT2D eigenvalue weighted by Crippen LogP contribution is 2.18. The van der Waals surface area contributed by atoms with Crippen molar-refractivity contribution in [3.63, 3.8) is 0 Å². The van der Waals surface area contributed by atoms with Gasteiger partial charge >= 0.3 is 0 Å². The quantitative estimate of drug-likeness (QED) is 0.806. The lowest BCUT2D eigenvalue weighted by Crippen LogP contribution is -2.25. The molecule has 0 atom stereocenters. The van der Waals surface area contributed by atoms with Gasteiger partial charge in [0, 0.05) is 37.2 Å². The summed E-state index contributed by atoms with van der Waals surface area (Å²) in [5.74, 6) is 0. The first-order chi connectivity index (χ1) is 7.15. The number of hydrogen-bond acceptors (Lipinski definition) is 3. The van der Waals surface area contributed by atoms with Crippen molar-refractivity contribution in [3.8, 4) is 0 Å². The number of rotatable bonds is 5. The van der Waals surface area contributed by atoms with Crippen LogP contribution in [-0.2, 0) is 6.54 Å². The van der Waals surface area contributed by atoms with Crippen molar-refractivity contribution in [1.82, 2.24) is 10.3 Å². The molecule has 0 fully saturated rings. The summed E-state index contributed by atoms with van der Waals surface area (Å²) in [6, 6.07) is 1.75. The third-order valence-electron chi connectivity index (χ3n) is 2.07. The van der Waals surface area contributed by atoms with Crippen LogP contribution in [0.4, 0.5) is 14.5 Å². The van der Waals surface area contributed by atoms with Crippen LogP contribution in [0.1, 0.15) is 5.56 Å². The summed E-state index contributed by atoms with van der Waals surface area (Å²) in [7, 11) is 3.46. The summed E-state index contributed by atoms with van der Waals surface area (Å²) in [5, 5.41) is 2.98. The number of alkyl halides is 2. The van der Waals surface area contributed by atoms with Crippen LogP contribution in [0, 0.1) is 0 Å². The van der Waals surface area contributed by atoms with E-state index in [4.69, 9.17) is 0 Å². The Morgan fingerprint density at radius 3 is 2.87 bits per heavy atom. The Labute approximate surface area is 88.1 Å². The predicted molar refractivity (Wildman–Crippen MR) is 56.3 cm³/mol. The summed E-state index contributed by atoms with van der Waals surface area (Å²) in [5.41, 5.74) is 1.71. The second-order valence-corrected chi connectivity index (χ2v) is 3.31. The van der Waals surface area contributed by atoms with E-state index in [2.05, 4.69) is 10.3 Å². The van der Waals surface area contributed by atoms with Crippen molar-refractivity contribution in [1.29, 1.82) is 0 Å². The van der Waals surface area contributed by atoms with Crippen LogP contribution in [-0.4, -0.2) is 32.0 Å². The van der Waals surface area contributed by atoms with Gasteiger partial charge in [0.05, 0.1) is 6.54 Å². The molecule has 0 radical (unpaired) electrons. The van der Waals surface area contributed by atoms with E-state index >= 15 is 0 Å². The Hall–Kier alpha value is -1.23. The lowest BCUT2D eigenvalue weighted by atomic mass is 10.2. The second kappa shape index (κ2) is 5.60. The standard InChI is InChI=1S/C10H15F2N3/c1-13-5-8-6-14-4-3-9(8)15(2)7-10(11)12/h3-4,6,10,13H,5,7H2,1-2H3. The van der Waals surface area contributed by atoms with E-state index < -0.39 is 6.43 Å². The number of hydrogen-bond donors (Lipinski definition) is 1. The van der Waals surface area contributed by atoms with Crippen molar-refractivity contribution in [2.24, 2.45) is 0 Å². The first kappa shape index (κ1) is 11.8. The fourth-order valence-corrected chi connectivity index (χ4v) is 1.42. The molecule has 0 aliphatic carbocycles. The van der Waals surface area contributed by atoms with Crippen molar-refractivity contribution in [2.75, 3.05) is 25.5 Å². The molecule has 3 nitrogen and oxygen atoms in total. The van der Waals surface area contributed by atoms with Gasteiger partial charge in [0.2, 0.25) is 0 Å². The van der Waals surface area contributed by atoms with Crippen LogP contribution in [0.2, 0.25) is 0 Å². The maximum absolute atomic E-state index is 12.2. The molecule has 1 aromatic heterocycles. The molecule has 0 aromatic carbocycles. The van der Waals surface area contributed by atoms with Gasteiger partial charge in [-0.3, -0.25) is 4.98 Å². The van der Waals surface area contributed by atoms with Gasteiger partial charge in [0.1, 0.15) is 0 Å². The minimum atomic E-state index is -2.33. The van der Waals surface area contributed by atoms with E-state index in [1.54, 1.807) is 30.4 Å². The Balaban J connectivity index is 2.81. The maximum atomic E-state index is 12.2. The second-order valence-electron chi connectivity index (χ2n) is 3.31. The third-order valence-corrected chi connectivity index (χ3v) is 2.07. The van der Waals surface area contributed by atoms with Crippen molar-refractivity contribution < 1.29 is 8.78 Å². The SMILES string of the molecule is CNCc1cnccc1N(C)CC(F)F. The monoisotopic (exact) mass is 215 g/mol. The van der Waals surface area contributed by atoms with Gasteiger partial charge in [-0.25, -0.2) is 8.78 Å². The molecule has 0 saturated heterocycles. The van der Waals surface area contributed by atoms with Crippen LogP contribution in [0.15, 0.2) is 18.5 Å². The lowest BCUT2D eigenvalue weighted by molar-refractivity contribution is 0.156. The number of nitrogens with one attached hydrogen (secondary N) is 1. The topological polar surface area (TPSA) is 28.2 Å². The molecule has 1 N–H and O–H groups in total. The van der Waals surface area contributed by atoms with E-state index in [9.17, 15) is 8.78 Å². The summed E-state index contributed by atoms with van der Waals surface area (Å²) in [6.07, 6.45) is 0.968. The van der Waals surface area contributed by atoms with Gasteiger partial charge in [-0.05, 0) is 13.1 Å². The van der Waals surface area contributed by atoms with Gasteiger partial charge < -0.3 is 10.2 Å². The largest absolute Gasteiger partial charge is 0.369 e. The molecule has 1 aromatic rings. The Bertz CT molecular complexity index is 304. The fourth-order valence-electron chi connectivity index (χ4n) is 1.42. The van der Waals surface area contributed by atoms with E-state index in [-0.39, 0.29) is 6.54 Å². The molecule has 0 saturated carbocycles. The maximum Gasteiger partial charge on any atom is 0.255 e. The first-order valence-electron chi connectivity index (χ1n) is 4.72. The van der Waals surface area contributed by atoms with Gasteiger partial charge in [0.25, 0.3) is 6.43 Å². The predicted octanol–water partition coefficient (Wildman–Crippen LogP) is 1.50. The first-order valence-corrected chi connectivity index (χ1v) is 4.72. The molecule has 15 heavy (non-hydrogen) atoms. The zero-order valence-corrected chi connectivity index (χ0v) is 8.87. The zero-order valence-electron chi connectivity index (χ0n) is 8.87. The van der Waals surface area contributed by atoms with Crippen LogP contribution in [0.25, 0.3) is 0 Å². The van der Waals surface area contributed by atoms with Crippen molar-refractivity contribution >= 4 is 5.69 Å². The molecule has 0 amide bonds. The van der Waals surface area contributed by atoms with Gasteiger partial charge in [0.15, 0.2) is 0 Å². The van der Waals surface area contributed by atoms with Crippen LogP contribution >= 0.6 is 0 Å². The average Bonchev–Trinajstić information content (AvgIpc) is 2.18. The highest BCUT2D eigenvalue weighted by Gasteiger charge is 2.11. The summed E-state index contributed by atoms with van der Waals surface area (Å²) in [4.78, 5) is 5.51. The normalized spacial score (nSPS) is 10.7. The van der Waals surface area contributed by atoms with Crippen LogP contribution < -0.4 is 10.2 Å². The van der Waals surface area contributed by atoms with E-state index in [0.29, 0.717) is 6.54 Å². The summed E-state index contributed by atoms with van der Waals surface area (Å²) < 4.78 is 24.4. The molecular formula is C10H15F2N3. The van der Waals surface area contributed by atoms with Crippen molar-refractivity contribution in [3.05, 3.63) is 24.0 Å². The van der Waals surface area contributed by atoms with Gasteiger partial charge in [-0.1, -0.05) is 0 Å². The highest BCUT2D eigenvalue weighted by molar-refractivity contribution is 5.51. The van der Waals surface area contributed by atoms with Crippen LogP contribution in [0.5, 0.6) is 0 Å². The van der Waals surface area contributed by atoms with E-state index in [0.717, 1.165) is 11.3 Å². The van der Waals surface area contributed by atoms with E-state index in [1.807, 2.05) is 7.05 Å². The molecule has 1 heterocycles. The number of pyridine rings is 1. The molecule has 0 aliphatic rings. The zero-order chi connectivity index (χ0) is 11.3. The van der Waals surface area contributed by atoms with Crippen molar-refractivity contribution in [2.45, 2.75) is 13.0 Å². The number of aromatic nitrogens is 1. The van der Waals surface area contributed by atoms with E-state index in [1.165, 1.54) is 0 Å². The Morgan fingerprint density at radius 2 is 2.27 bits per heavy atom. The smallest absolute Gasteiger partial charge is 0.255 e. The summed E-state index contributed by atoms with van der Waals surface area (Å²) >= 11 is 0. The lowest BCUT2D eigenvalue weighted by Gasteiger charge is -2.21. The number of halogens is 2. The molecule has 1 rings (SSSR count). The number of nitrogens with zero attached hydrogens (tertiary/aromatic N) is 2. The van der Waals surface area contributed by atoms with Crippen LogP contribution in [0.3, 0.4) is 0 Å². The minimum Gasteiger partial charge on any atom is -0.369 e. The molecular weight excluding hydrogens is 200 g/mol. The Morgan fingerprint density at radius 1 is 1.53 bits per heavy atom. The summed E-state index contributed by atoms with van der Waals surface area (Å²) in [6.45, 7) is 0.359. The molecule has 0 aliphatic heterocycles. The van der Waals surface area contributed by atoms with Gasteiger partial charge in [-0.2, -0.15) is 0 Å². The van der Waals surface area contributed by atoms with Gasteiger partial charge in [-0.15, -0.1) is 0 Å². The molecule has 84 valence electrons. The Kier molecular flexibility index (Phi) is 4.42. The number of anilines is 1.